The van der Waals surface area contributed by atoms with E-state index >= 15 is 0 Å². The van der Waals surface area contributed by atoms with E-state index in [9.17, 15) is 8.78 Å². The van der Waals surface area contributed by atoms with Crippen molar-refractivity contribution in [2.45, 2.75) is 32.6 Å². The second-order valence-corrected chi connectivity index (χ2v) is 5.19. The number of nitrogens with zero attached hydrogens (tertiary/aromatic N) is 1. The highest BCUT2D eigenvalue weighted by Crippen LogP contribution is 2.44. The highest BCUT2D eigenvalue weighted by atomic mass is 19.1. The number of halogens is 2. The zero-order chi connectivity index (χ0) is 13.6. The van der Waals surface area contributed by atoms with Crippen LogP contribution in [0.15, 0.2) is 24.4 Å². The van der Waals surface area contributed by atoms with E-state index in [2.05, 4.69) is 4.98 Å². The summed E-state index contributed by atoms with van der Waals surface area (Å²) in [4.78, 5) is 4.21. The van der Waals surface area contributed by atoms with Crippen LogP contribution in [0.1, 0.15) is 35.6 Å². The summed E-state index contributed by atoms with van der Waals surface area (Å²) in [7, 11) is 0. The summed E-state index contributed by atoms with van der Waals surface area (Å²) in [5.74, 6) is -0.790. The van der Waals surface area contributed by atoms with Gasteiger partial charge in [-0.25, -0.2) is 8.78 Å². The van der Waals surface area contributed by atoms with Crippen LogP contribution in [0.25, 0.3) is 11.1 Å². The summed E-state index contributed by atoms with van der Waals surface area (Å²) in [6.07, 6.45) is 3.46. The van der Waals surface area contributed by atoms with Crippen LogP contribution in [-0.2, 0) is 0 Å². The number of aryl methyl sites for hydroxylation is 2. The van der Waals surface area contributed by atoms with Gasteiger partial charge in [-0.3, -0.25) is 4.98 Å². The molecule has 98 valence electrons. The van der Waals surface area contributed by atoms with Crippen molar-refractivity contribution in [2.24, 2.45) is 0 Å². The van der Waals surface area contributed by atoms with Gasteiger partial charge < -0.3 is 0 Å². The maximum Gasteiger partial charge on any atom is 0.137 e. The molecule has 1 fully saturated rings. The Morgan fingerprint density at radius 2 is 1.84 bits per heavy atom. The normalized spacial score (nSPS) is 14.7. The molecule has 1 aliphatic rings. The minimum atomic E-state index is -0.428. The van der Waals surface area contributed by atoms with Crippen LogP contribution in [0.2, 0.25) is 0 Å². The third-order valence-corrected chi connectivity index (χ3v) is 3.73. The molecule has 1 aromatic heterocycles. The first-order valence-electron chi connectivity index (χ1n) is 6.50. The molecule has 0 radical (unpaired) electrons. The van der Waals surface area contributed by atoms with Gasteiger partial charge in [0.1, 0.15) is 11.6 Å². The van der Waals surface area contributed by atoms with Gasteiger partial charge in [0.05, 0.1) is 0 Å². The smallest absolute Gasteiger partial charge is 0.137 e. The molecule has 0 unspecified atom stereocenters. The third-order valence-electron chi connectivity index (χ3n) is 3.73. The first-order valence-corrected chi connectivity index (χ1v) is 6.50. The second-order valence-electron chi connectivity index (χ2n) is 5.19. The third kappa shape index (κ3) is 2.03. The van der Waals surface area contributed by atoms with Gasteiger partial charge in [-0.1, -0.05) is 0 Å². The van der Waals surface area contributed by atoms with E-state index in [1.165, 1.54) is 12.1 Å². The van der Waals surface area contributed by atoms with E-state index in [1.54, 1.807) is 6.20 Å². The van der Waals surface area contributed by atoms with Crippen molar-refractivity contribution in [1.82, 2.24) is 4.98 Å². The van der Waals surface area contributed by atoms with Crippen LogP contribution < -0.4 is 0 Å². The molecule has 0 aliphatic heterocycles. The zero-order valence-electron chi connectivity index (χ0n) is 11.0. The number of rotatable bonds is 2. The monoisotopic (exact) mass is 259 g/mol. The Labute approximate surface area is 111 Å². The van der Waals surface area contributed by atoms with E-state index in [1.807, 2.05) is 19.9 Å². The molecule has 0 saturated heterocycles. The van der Waals surface area contributed by atoms with Crippen molar-refractivity contribution in [3.05, 3.63) is 52.9 Å². The molecule has 3 rings (SSSR count). The molecular weight excluding hydrogens is 244 g/mol. The minimum absolute atomic E-state index is 0.0530. The summed E-state index contributed by atoms with van der Waals surface area (Å²) in [5, 5.41) is 0. The Balaban J connectivity index is 2.23. The van der Waals surface area contributed by atoms with Gasteiger partial charge in [0.2, 0.25) is 0 Å². The molecule has 0 N–H and O–H groups in total. The van der Waals surface area contributed by atoms with Gasteiger partial charge in [-0.2, -0.15) is 0 Å². The molecule has 1 aromatic carbocycles. The maximum absolute atomic E-state index is 14.6. The van der Waals surface area contributed by atoms with Crippen LogP contribution in [0.5, 0.6) is 0 Å². The van der Waals surface area contributed by atoms with E-state index in [-0.39, 0.29) is 11.5 Å². The predicted octanol–water partition coefficient (Wildman–Crippen LogP) is 4.52. The highest BCUT2D eigenvalue weighted by Gasteiger charge is 2.31. The lowest BCUT2D eigenvalue weighted by Gasteiger charge is -2.13. The topological polar surface area (TPSA) is 12.9 Å². The lowest BCUT2D eigenvalue weighted by Crippen LogP contribution is -1.99. The van der Waals surface area contributed by atoms with E-state index in [0.717, 1.165) is 29.7 Å². The molecule has 0 bridgehead atoms. The zero-order valence-corrected chi connectivity index (χ0v) is 11.0. The SMILES string of the molecule is Cc1ccnc(C)c1-c1ccc(F)c(C2CC2)c1F. The summed E-state index contributed by atoms with van der Waals surface area (Å²) in [6.45, 7) is 3.77. The van der Waals surface area contributed by atoms with Gasteiger partial charge in [0, 0.05) is 28.6 Å². The van der Waals surface area contributed by atoms with Crippen molar-refractivity contribution in [3.63, 3.8) is 0 Å². The first-order chi connectivity index (χ1) is 9.09. The van der Waals surface area contributed by atoms with Crippen molar-refractivity contribution in [3.8, 4) is 11.1 Å². The highest BCUT2D eigenvalue weighted by molar-refractivity contribution is 5.71. The fourth-order valence-corrected chi connectivity index (χ4v) is 2.61. The fraction of sp³-hybridized carbons (Fsp3) is 0.312. The van der Waals surface area contributed by atoms with Crippen molar-refractivity contribution in [2.75, 3.05) is 0 Å². The second kappa shape index (κ2) is 4.41. The average molecular weight is 259 g/mol. The Bertz CT molecular complexity index is 625. The van der Waals surface area contributed by atoms with E-state index in [4.69, 9.17) is 0 Å². The molecule has 0 spiro atoms. The Hall–Kier alpha value is -1.77. The van der Waals surface area contributed by atoms with Crippen LogP contribution in [0.3, 0.4) is 0 Å². The summed E-state index contributed by atoms with van der Waals surface area (Å²) >= 11 is 0. The Kier molecular flexibility index (Phi) is 2.85. The van der Waals surface area contributed by atoms with Gasteiger partial charge in [-0.15, -0.1) is 0 Å². The molecular formula is C16H15F2N. The van der Waals surface area contributed by atoms with E-state index < -0.39 is 11.6 Å². The number of pyridine rings is 1. The van der Waals surface area contributed by atoms with Crippen molar-refractivity contribution >= 4 is 0 Å². The molecule has 0 amide bonds. The molecule has 2 aromatic rings. The average Bonchev–Trinajstić information content (AvgIpc) is 3.16. The predicted molar refractivity (Wildman–Crippen MR) is 71.0 cm³/mol. The quantitative estimate of drug-likeness (QED) is 0.772. The lowest BCUT2D eigenvalue weighted by molar-refractivity contribution is 0.559. The molecule has 3 heteroatoms. The summed E-state index contributed by atoms with van der Waals surface area (Å²) in [5.41, 5.74) is 3.22. The molecule has 19 heavy (non-hydrogen) atoms. The fourth-order valence-electron chi connectivity index (χ4n) is 2.61. The standard InChI is InChI=1S/C16H15F2N/c1-9-7-8-19-10(2)14(9)12-5-6-13(17)15(16(12)18)11-3-4-11/h5-8,11H,3-4H2,1-2H3. The van der Waals surface area contributed by atoms with Gasteiger partial charge >= 0.3 is 0 Å². The summed E-state index contributed by atoms with van der Waals surface area (Å²) < 4.78 is 28.4. The van der Waals surface area contributed by atoms with Gasteiger partial charge in [0.25, 0.3) is 0 Å². The van der Waals surface area contributed by atoms with Gasteiger partial charge in [-0.05, 0) is 56.4 Å². The Morgan fingerprint density at radius 3 is 2.47 bits per heavy atom. The van der Waals surface area contributed by atoms with Gasteiger partial charge in [0.15, 0.2) is 0 Å². The number of benzene rings is 1. The van der Waals surface area contributed by atoms with E-state index in [0.29, 0.717) is 5.56 Å². The number of hydrogen-bond acceptors (Lipinski definition) is 1. The van der Waals surface area contributed by atoms with Crippen molar-refractivity contribution in [1.29, 1.82) is 0 Å². The lowest BCUT2D eigenvalue weighted by atomic mass is 9.95. The first kappa shape index (κ1) is 12.3. The molecule has 0 atom stereocenters. The van der Waals surface area contributed by atoms with Crippen molar-refractivity contribution < 1.29 is 8.78 Å². The van der Waals surface area contributed by atoms with Crippen LogP contribution in [-0.4, -0.2) is 4.98 Å². The van der Waals surface area contributed by atoms with Crippen LogP contribution >= 0.6 is 0 Å². The number of aromatic nitrogens is 1. The Morgan fingerprint density at radius 1 is 1.11 bits per heavy atom. The largest absolute Gasteiger partial charge is 0.261 e. The number of hydrogen-bond donors (Lipinski definition) is 0. The molecule has 1 heterocycles. The maximum atomic E-state index is 14.6. The molecule has 1 nitrogen and oxygen atoms in total. The molecule has 1 aliphatic carbocycles. The van der Waals surface area contributed by atoms with Crippen LogP contribution in [0.4, 0.5) is 8.78 Å². The molecule has 1 saturated carbocycles. The minimum Gasteiger partial charge on any atom is -0.261 e. The van der Waals surface area contributed by atoms with Crippen LogP contribution in [0, 0.1) is 25.5 Å². The summed E-state index contributed by atoms with van der Waals surface area (Å²) in [6, 6.07) is 4.74.